The van der Waals surface area contributed by atoms with E-state index >= 15 is 0 Å². The zero-order chi connectivity index (χ0) is 17.3. The van der Waals surface area contributed by atoms with E-state index in [0.29, 0.717) is 37.8 Å². The zero-order valence-corrected chi connectivity index (χ0v) is 13.6. The summed E-state index contributed by atoms with van der Waals surface area (Å²) in [7, 11) is 0. The molecule has 4 rings (SSSR count). The molecule has 0 radical (unpaired) electrons. The number of rotatable bonds is 4. The number of hydrogen-bond acceptors (Lipinski definition) is 6. The smallest absolute Gasteiger partial charge is 0.252 e. The van der Waals surface area contributed by atoms with Crippen LogP contribution < -0.4 is 10.2 Å². The second kappa shape index (κ2) is 6.36. The Labute approximate surface area is 144 Å². The van der Waals surface area contributed by atoms with Crippen molar-refractivity contribution in [3.05, 3.63) is 48.3 Å². The molecule has 0 saturated carbocycles. The fourth-order valence-corrected chi connectivity index (χ4v) is 3.56. The van der Waals surface area contributed by atoms with Crippen molar-refractivity contribution in [1.29, 1.82) is 0 Å². The van der Waals surface area contributed by atoms with Gasteiger partial charge in [0, 0.05) is 43.4 Å². The number of pyridine rings is 1. The summed E-state index contributed by atoms with van der Waals surface area (Å²) in [4.78, 5) is 26.4. The number of anilines is 1. The number of carbonyl (C=O) groups excluding carboxylic acids is 1. The quantitative estimate of drug-likeness (QED) is 0.888. The fourth-order valence-electron chi connectivity index (χ4n) is 3.56. The zero-order valence-electron chi connectivity index (χ0n) is 13.6. The summed E-state index contributed by atoms with van der Waals surface area (Å²) in [5.41, 5.74) is 0.349. The third kappa shape index (κ3) is 3.05. The van der Waals surface area contributed by atoms with Crippen LogP contribution in [0.15, 0.2) is 36.9 Å². The molecular weight excluding hydrogens is 325 g/mol. The minimum Gasteiger partial charge on any atom is -0.380 e. The van der Waals surface area contributed by atoms with Gasteiger partial charge in [0.15, 0.2) is 5.82 Å². The minimum atomic E-state index is -0.454. The van der Waals surface area contributed by atoms with Crippen molar-refractivity contribution in [2.24, 2.45) is 11.3 Å². The number of hydrogen-bond donors (Lipinski definition) is 1. The first-order valence-electron chi connectivity index (χ1n) is 8.15. The Kier molecular flexibility index (Phi) is 4.04. The van der Waals surface area contributed by atoms with Gasteiger partial charge in [-0.2, -0.15) is 0 Å². The van der Waals surface area contributed by atoms with Crippen molar-refractivity contribution >= 4 is 11.9 Å². The van der Waals surface area contributed by atoms with Gasteiger partial charge in [0.05, 0.1) is 31.2 Å². The maximum atomic E-state index is 13.0. The molecule has 0 aromatic carbocycles. The predicted octanol–water partition coefficient (Wildman–Crippen LogP) is 0.893. The van der Waals surface area contributed by atoms with Gasteiger partial charge in [0.1, 0.15) is 0 Å². The molecule has 1 amide bonds. The van der Waals surface area contributed by atoms with Gasteiger partial charge in [-0.05, 0) is 12.1 Å². The lowest BCUT2D eigenvalue weighted by Crippen LogP contribution is -2.43. The van der Waals surface area contributed by atoms with Gasteiger partial charge < -0.3 is 15.0 Å². The van der Waals surface area contributed by atoms with Gasteiger partial charge in [0.25, 0.3) is 5.91 Å². The second-order valence-electron chi connectivity index (χ2n) is 6.58. The topological polar surface area (TPSA) is 80.2 Å². The van der Waals surface area contributed by atoms with Gasteiger partial charge in [-0.15, -0.1) is 0 Å². The third-order valence-electron chi connectivity index (χ3n) is 4.94. The molecule has 2 aliphatic rings. The number of fused-ring (bicyclic) bond motifs is 1. The molecule has 25 heavy (non-hydrogen) atoms. The van der Waals surface area contributed by atoms with E-state index in [0.717, 1.165) is 6.54 Å². The average Bonchev–Trinajstić information content (AvgIpc) is 3.18. The summed E-state index contributed by atoms with van der Waals surface area (Å²) in [5.74, 6) is 0.179. The minimum absolute atomic E-state index is 0.149. The van der Waals surface area contributed by atoms with E-state index in [-0.39, 0.29) is 17.2 Å². The average molecular weight is 343 g/mol. The summed E-state index contributed by atoms with van der Waals surface area (Å²) in [5, 5.41) is 3.00. The van der Waals surface area contributed by atoms with Crippen LogP contribution in [0.3, 0.4) is 0 Å². The van der Waals surface area contributed by atoms with Crippen LogP contribution in [0.25, 0.3) is 0 Å². The number of amides is 1. The van der Waals surface area contributed by atoms with E-state index in [2.05, 4.69) is 20.3 Å². The normalized spacial score (nSPS) is 25.0. The van der Waals surface area contributed by atoms with Crippen molar-refractivity contribution in [3.8, 4) is 0 Å². The Bertz CT molecular complexity index is 757. The van der Waals surface area contributed by atoms with Gasteiger partial charge >= 0.3 is 0 Å². The summed E-state index contributed by atoms with van der Waals surface area (Å²) in [6.45, 7) is 3.11. The van der Waals surface area contributed by atoms with E-state index in [1.807, 2.05) is 4.90 Å². The van der Waals surface area contributed by atoms with Crippen LogP contribution in [-0.2, 0) is 4.74 Å². The number of nitrogens with zero attached hydrogens (tertiary/aromatic N) is 4. The molecule has 130 valence electrons. The molecule has 0 aliphatic carbocycles. The lowest BCUT2D eigenvalue weighted by atomic mass is 9.81. The van der Waals surface area contributed by atoms with E-state index in [4.69, 9.17) is 4.74 Å². The summed E-state index contributed by atoms with van der Waals surface area (Å²) in [6, 6.07) is 3.47. The molecule has 2 aliphatic heterocycles. The maximum Gasteiger partial charge on any atom is 0.252 e. The van der Waals surface area contributed by atoms with Crippen LogP contribution >= 0.6 is 0 Å². The summed E-state index contributed by atoms with van der Waals surface area (Å²) >= 11 is 0. The van der Waals surface area contributed by atoms with Crippen molar-refractivity contribution in [2.45, 2.75) is 0 Å². The van der Waals surface area contributed by atoms with Crippen LogP contribution in [0, 0.1) is 17.2 Å². The van der Waals surface area contributed by atoms with Gasteiger partial charge in [-0.3, -0.25) is 9.78 Å². The molecule has 2 aromatic rings. The standard InChI is InChI=1S/C17H18FN5O2/c18-14-5-20-16(21-6-14)23-7-13-8-25-11-17(13,10-23)9-22-15(24)12-2-1-3-19-4-12/h1-6,13H,7-11H2,(H,22,24)/t13-,17-/m1/s1. The van der Waals surface area contributed by atoms with Crippen LogP contribution in [-0.4, -0.2) is 53.7 Å². The molecule has 0 bridgehead atoms. The third-order valence-corrected chi connectivity index (χ3v) is 4.94. The first-order chi connectivity index (χ1) is 12.2. The van der Waals surface area contributed by atoms with E-state index in [1.165, 1.54) is 12.4 Å². The van der Waals surface area contributed by atoms with Crippen molar-refractivity contribution < 1.29 is 13.9 Å². The number of carbonyl (C=O) groups is 1. The van der Waals surface area contributed by atoms with Crippen molar-refractivity contribution in [2.75, 3.05) is 37.7 Å². The van der Waals surface area contributed by atoms with Crippen LogP contribution in [0.5, 0.6) is 0 Å². The summed E-state index contributed by atoms with van der Waals surface area (Å²) < 4.78 is 18.7. The van der Waals surface area contributed by atoms with Crippen LogP contribution in [0.2, 0.25) is 0 Å². The highest BCUT2D eigenvalue weighted by atomic mass is 19.1. The van der Waals surface area contributed by atoms with Gasteiger partial charge in [-0.25, -0.2) is 14.4 Å². The second-order valence-corrected chi connectivity index (χ2v) is 6.58. The summed E-state index contributed by atoms with van der Waals surface area (Å²) in [6.07, 6.45) is 5.52. The predicted molar refractivity (Wildman–Crippen MR) is 87.5 cm³/mol. The van der Waals surface area contributed by atoms with E-state index in [9.17, 15) is 9.18 Å². The molecule has 2 atom stereocenters. The molecule has 0 spiro atoms. The van der Waals surface area contributed by atoms with Gasteiger partial charge in [0.2, 0.25) is 5.95 Å². The highest BCUT2D eigenvalue weighted by molar-refractivity contribution is 5.93. The van der Waals surface area contributed by atoms with Crippen LogP contribution in [0.1, 0.15) is 10.4 Å². The van der Waals surface area contributed by atoms with Crippen molar-refractivity contribution in [1.82, 2.24) is 20.3 Å². The number of halogens is 1. The van der Waals surface area contributed by atoms with Crippen LogP contribution in [0.4, 0.5) is 10.3 Å². The first kappa shape index (κ1) is 15.9. The molecule has 1 N–H and O–H groups in total. The molecule has 7 nitrogen and oxygen atoms in total. The number of nitrogens with one attached hydrogen (secondary N) is 1. The number of aromatic nitrogens is 3. The first-order valence-corrected chi connectivity index (χ1v) is 8.15. The molecule has 2 fully saturated rings. The molecule has 2 saturated heterocycles. The fraction of sp³-hybridized carbons (Fsp3) is 0.412. The molecule has 2 aromatic heterocycles. The molecular formula is C17H18FN5O2. The van der Waals surface area contributed by atoms with E-state index in [1.54, 1.807) is 24.5 Å². The molecule has 4 heterocycles. The van der Waals surface area contributed by atoms with Crippen molar-refractivity contribution in [3.63, 3.8) is 0 Å². The highest BCUT2D eigenvalue weighted by Crippen LogP contribution is 2.41. The Morgan fingerprint density at radius 1 is 1.40 bits per heavy atom. The lowest BCUT2D eigenvalue weighted by molar-refractivity contribution is 0.0920. The van der Waals surface area contributed by atoms with E-state index < -0.39 is 5.82 Å². The van der Waals surface area contributed by atoms with Gasteiger partial charge in [-0.1, -0.05) is 0 Å². The Morgan fingerprint density at radius 2 is 2.24 bits per heavy atom. The number of ether oxygens (including phenoxy) is 1. The maximum absolute atomic E-state index is 13.0. The lowest BCUT2D eigenvalue weighted by Gasteiger charge is -2.27. The highest BCUT2D eigenvalue weighted by Gasteiger charge is 2.51. The monoisotopic (exact) mass is 343 g/mol. The Hall–Kier alpha value is -2.61. The Morgan fingerprint density at radius 3 is 3.00 bits per heavy atom. The largest absolute Gasteiger partial charge is 0.380 e. The molecule has 0 unspecified atom stereocenters. The molecule has 8 heteroatoms. The SMILES string of the molecule is O=C(NC[C@@]12COC[C@H]1CN(c1ncc(F)cn1)C2)c1cccnc1. The Balaban J connectivity index is 1.46.